The standard InChI is InChI=1S/C7H8N2O2S/c1-4-5(11-7(10)9-4)6-8-2-3-12-6/h2-5H,1H3,(H,9,10)/t4-,5+/m0/s1. The van der Waals surface area contributed by atoms with E-state index in [0.29, 0.717) is 0 Å². The number of amides is 1. The summed E-state index contributed by atoms with van der Waals surface area (Å²) in [6.07, 6.45) is 1.14. The van der Waals surface area contributed by atoms with Crippen molar-refractivity contribution in [2.75, 3.05) is 0 Å². The lowest BCUT2D eigenvalue weighted by molar-refractivity contribution is 0.133. The molecule has 5 heteroatoms. The number of ether oxygens (including phenoxy) is 1. The first-order valence-electron chi connectivity index (χ1n) is 3.64. The van der Waals surface area contributed by atoms with Crippen LogP contribution >= 0.6 is 11.3 Å². The minimum absolute atomic E-state index is 0.0173. The van der Waals surface area contributed by atoms with Gasteiger partial charge in [-0.3, -0.25) is 0 Å². The Bertz CT molecular complexity index is 286. The van der Waals surface area contributed by atoms with Crippen LogP contribution < -0.4 is 5.32 Å². The largest absolute Gasteiger partial charge is 0.437 e. The van der Waals surface area contributed by atoms with Crippen LogP contribution in [-0.4, -0.2) is 17.1 Å². The van der Waals surface area contributed by atoms with Crippen molar-refractivity contribution in [1.29, 1.82) is 0 Å². The predicted octanol–water partition coefficient (Wildman–Crippen LogP) is 1.31. The van der Waals surface area contributed by atoms with Crippen LogP contribution in [0.25, 0.3) is 0 Å². The van der Waals surface area contributed by atoms with Crippen LogP contribution in [0.5, 0.6) is 0 Å². The van der Waals surface area contributed by atoms with E-state index < -0.39 is 0 Å². The maximum Gasteiger partial charge on any atom is 0.408 e. The number of hydrogen-bond donors (Lipinski definition) is 1. The van der Waals surface area contributed by atoms with Gasteiger partial charge in [-0.05, 0) is 6.92 Å². The molecule has 64 valence electrons. The van der Waals surface area contributed by atoms with Crippen LogP contribution in [0.15, 0.2) is 11.6 Å². The molecule has 2 atom stereocenters. The van der Waals surface area contributed by atoms with Gasteiger partial charge in [-0.1, -0.05) is 0 Å². The Morgan fingerprint density at radius 1 is 1.75 bits per heavy atom. The van der Waals surface area contributed by atoms with Gasteiger partial charge in [0.25, 0.3) is 0 Å². The van der Waals surface area contributed by atoms with Gasteiger partial charge in [0.2, 0.25) is 0 Å². The Morgan fingerprint density at radius 2 is 2.58 bits per heavy atom. The molecule has 12 heavy (non-hydrogen) atoms. The molecule has 1 saturated heterocycles. The minimum Gasteiger partial charge on any atom is -0.437 e. The Morgan fingerprint density at radius 3 is 3.08 bits per heavy atom. The molecule has 0 unspecified atom stereocenters. The molecule has 4 nitrogen and oxygen atoms in total. The SMILES string of the molecule is C[C@@H]1NC(=O)O[C@H]1c1nccs1. The zero-order valence-electron chi connectivity index (χ0n) is 6.48. The number of rotatable bonds is 1. The summed E-state index contributed by atoms with van der Waals surface area (Å²) < 4.78 is 5.02. The molecule has 1 aliphatic heterocycles. The molecule has 2 heterocycles. The van der Waals surface area contributed by atoms with E-state index in [1.807, 2.05) is 12.3 Å². The van der Waals surface area contributed by atoms with Crippen LogP contribution in [0.1, 0.15) is 18.0 Å². The van der Waals surface area contributed by atoms with Crippen LogP contribution in [0.2, 0.25) is 0 Å². The first-order valence-corrected chi connectivity index (χ1v) is 4.52. The molecule has 0 spiro atoms. The van der Waals surface area contributed by atoms with E-state index in [4.69, 9.17) is 4.74 Å². The van der Waals surface area contributed by atoms with Crippen molar-refractivity contribution >= 4 is 17.4 Å². The number of thiazole rings is 1. The average Bonchev–Trinajstić information content (AvgIpc) is 2.58. The molecule has 0 aliphatic carbocycles. The maximum atomic E-state index is 10.8. The number of cyclic esters (lactones) is 1. The highest BCUT2D eigenvalue weighted by molar-refractivity contribution is 7.09. The van der Waals surface area contributed by atoms with Gasteiger partial charge in [0.1, 0.15) is 5.01 Å². The van der Waals surface area contributed by atoms with Gasteiger partial charge >= 0.3 is 6.09 Å². The van der Waals surface area contributed by atoms with Gasteiger partial charge in [-0.25, -0.2) is 9.78 Å². The number of nitrogens with one attached hydrogen (secondary N) is 1. The third kappa shape index (κ3) is 1.16. The lowest BCUT2D eigenvalue weighted by atomic mass is 10.2. The van der Waals surface area contributed by atoms with E-state index in [-0.39, 0.29) is 18.2 Å². The highest BCUT2D eigenvalue weighted by Gasteiger charge is 2.33. The number of alkyl carbamates (subject to hydrolysis) is 1. The Kier molecular flexibility index (Phi) is 1.73. The van der Waals surface area contributed by atoms with Crippen molar-refractivity contribution < 1.29 is 9.53 Å². The summed E-state index contributed by atoms with van der Waals surface area (Å²) in [6.45, 7) is 1.90. The fourth-order valence-electron chi connectivity index (χ4n) is 1.15. The zero-order chi connectivity index (χ0) is 8.55. The van der Waals surface area contributed by atoms with E-state index in [2.05, 4.69) is 10.3 Å². The molecule has 2 rings (SSSR count). The number of carbonyl (C=O) groups is 1. The van der Waals surface area contributed by atoms with Crippen LogP contribution in [-0.2, 0) is 4.74 Å². The fraction of sp³-hybridized carbons (Fsp3) is 0.429. The summed E-state index contributed by atoms with van der Waals surface area (Å²) in [7, 11) is 0. The fourth-order valence-corrected chi connectivity index (χ4v) is 1.92. The van der Waals surface area contributed by atoms with Crippen LogP contribution in [0, 0.1) is 0 Å². The molecule has 1 aromatic heterocycles. The minimum atomic E-state index is -0.359. The van der Waals surface area contributed by atoms with Gasteiger partial charge < -0.3 is 10.1 Å². The first kappa shape index (κ1) is 7.54. The van der Waals surface area contributed by atoms with Gasteiger partial charge in [-0.2, -0.15) is 0 Å². The Labute approximate surface area is 73.6 Å². The number of hydrogen-bond acceptors (Lipinski definition) is 4. The monoisotopic (exact) mass is 184 g/mol. The highest BCUT2D eigenvalue weighted by atomic mass is 32.1. The Balaban J connectivity index is 2.20. The lowest BCUT2D eigenvalue weighted by Crippen LogP contribution is -2.23. The van der Waals surface area contributed by atoms with Crippen molar-refractivity contribution in [2.45, 2.75) is 19.1 Å². The summed E-state index contributed by atoms with van der Waals surface area (Å²) in [5.74, 6) is 0. The van der Waals surface area contributed by atoms with Gasteiger partial charge in [0.05, 0.1) is 6.04 Å². The Hall–Kier alpha value is -1.10. The first-order chi connectivity index (χ1) is 5.77. The van der Waals surface area contributed by atoms with Crippen molar-refractivity contribution in [1.82, 2.24) is 10.3 Å². The second kappa shape index (κ2) is 2.75. The molecule has 1 aliphatic rings. The number of nitrogens with zero attached hydrogens (tertiary/aromatic N) is 1. The number of carbonyl (C=O) groups excluding carboxylic acids is 1. The normalized spacial score (nSPS) is 28.2. The van der Waals surface area contributed by atoms with Crippen molar-refractivity contribution in [2.24, 2.45) is 0 Å². The van der Waals surface area contributed by atoms with Crippen molar-refractivity contribution in [3.8, 4) is 0 Å². The van der Waals surface area contributed by atoms with Crippen molar-refractivity contribution in [3.05, 3.63) is 16.6 Å². The van der Waals surface area contributed by atoms with Crippen LogP contribution in [0.4, 0.5) is 4.79 Å². The lowest BCUT2D eigenvalue weighted by Gasteiger charge is -2.07. The smallest absolute Gasteiger partial charge is 0.408 e. The second-order valence-electron chi connectivity index (χ2n) is 2.63. The molecule has 1 fully saturated rings. The zero-order valence-corrected chi connectivity index (χ0v) is 7.30. The molecule has 0 saturated carbocycles. The second-order valence-corrected chi connectivity index (χ2v) is 3.56. The summed E-state index contributed by atoms with van der Waals surface area (Å²) >= 11 is 1.50. The molecule has 1 amide bonds. The molecule has 1 N–H and O–H groups in total. The topological polar surface area (TPSA) is 51.2 Å². The van der Waals surface area contributed by atoms with Crippen LogP contribution in [0.3, 0.4) is 0 Å². The molecule has 0 aromatic carbocycles. The van der Waals surface area contributed by atoms with Gasteiger partial charge in [0, 0.05) is 11.6 Å². The van der Waals surface area contributed by atoms with E-state index in [9.17, 15) is 4.79 Å². The van der Waals surface area contributed by atoms with Crippen molar-refractivity contribution in [3.63, 3.8) is 0 Å². The summed E-state index contributed by atoms with van der Waals surface area (Å²) in [5.41, 5.74) is 0. The molecule has 0 radical (unpaired) electrons. The summed E-state index contributed by atoms with van der Waals surface area (Å²) in [6, 6.07) is 0.0173. The van der Waals surface area contributed by atoms with E-state index in [1.54, 1.807) is 6.20 Å². The molecular formula is C7H8N2O2S. The molecule has 0 bridgehead atoms. The maximum absolute atomic E-state index is 10.8. The molecule has 1 aromatic rings. The predicted molar refractivity (Wildman–Crippen MR) is 43.9 cm³/mol. The summed E-state index contributed by atoms with van der Waals surface area (Å²) in [5, 5.41) is 5.38. The highest BCUT2D eigenvalue weighted by Crippen LogP contribution is 2.27. The van der Waals surface area contributed by atoms with E-state index >= 15 is 0 Å². The quantitative estimate of drug-likeness (QED) is 0.716. The third-order valence-corrected chi connectivity index (χ3v) is 2.57. The summed E-state index contributed by atoms with van der Waals surface area (Å²) in [4.78, 5) is 14.9. The van der Waals surface area contributed by atoms with E-state index in [0.717, 1.165) is 5.01 Å². The molecular weight excluding hydrogens is 176 g/mol. The van der Waals surface area contributed by atoms with E-state index in [1.165, 1.54) is 11.3 Å². The van der Waals surface area contributed by atoms with Gasteiger partial charge in [0.15, 0.2) is 6.10 Å². The van der Waals surface area contributed by atoms with Gasteiger partial charge in [-0.15, -0.1) is 11.3 Å². The average molecular weight is 184 g/mol. The third-order valence-electron chi connectivity index (χ3n) is 1.73. The number of aromatic nitrogens is 1.